The van der Waals surface area contributed by atoms with Crippen LogP contribution < -0.4 is 23.9 Å². The highest BCUT2D eigenvalue weighted by Crippen LogP contribution is 2.48. The summed E-state index contributed by atoms with van der Waals surface area (Å²) < 4.78 is 81.3. The molecule has 0 saturated heterocycles. The van der Waals surface area contributed by atoms with Crippen LogP contribution in [0.25, 0.3) is 16.3 Å². The Labute approximate surface area is 284 Å². The first-order chi connectivity index (χ1) is 22.4. The molecule has 47 heavy (non-hydrogen) atoms. The number of H-pyrrole nitrogens is 1. The van der Waals surface area contributed by atoms with Crippen molar-refractivity contribution < 1.29 is 45.0 Å². The minimum absolute atomic E-state index is 0.173. The molecule has 1 N–H and O–H groups in total. The van der Waals surface area contributed by atoms with Crippen molar-refractivity contribution in [3.05, 3.63) is 88.7 Å². The maximum absolute atomic E-state index is 11.3. The summed E-state index contributed by atoms with van der Waals surface area (Å²) in [4.78, 5) is 5.88. The van der Waals surface area contributed by atoms with Crippen molar-refractivity contribution in [2.24, 2.45) is 0 Å². The van der Waals surface area contributed by atoms with Crippen molar-refractivity contribution >= 4 is 65.3 Å². The normalized spacial score (nSPS) is 14.2. The van der Waals surface area contributed by atoms with Gasteiger partial charge in [0.15, 0.2) is 18.9 Å². The first-order valence-corrected chi connectivity index (χ1v) is 19.5. The monoisotopic (exact) mass is 719 g/mol. The van der Waals surface area contributed by atoms with Crippen molar-refractivity contribution in [2.45, 2.75) is 37.6 Å². The van der Waals surface area contributed by atoms with Gasteiger partial charge in [0.25, 0.3) is 5.01 Å². The van der Waals surface area contributed by atoms with Crippen LogP contribution in [0.15, 0.2) is 88.6 Å². The fourth-order valence-electron chi connectivity index (χ4n) is 4.80. The van der Waals surface area contributed by atoms with Crippen LogP contribution in [0.3, 0.4) is 0 Å². The second-order valence-corrected chi connectivity index (χ2v) is 15.5. The number of aromatic nitrogens is 2. The van der Waals surface area contributed by atoms with Crippen LogP contribution in [-0.2, 0) is 26.8 Å². The van der Waals surface area contributed by atoms with E-state index in [9.17, 15) is 25.9 Å². The molecule has 0 fully saturated rings. The Morgan fingerprint density at radius 3 is 2.19 bits per heavy atom. The van der Waals surface area contributed by atoms with E-state index in [1.165, 1.54) is 0 Å². The van der Waals surface area contributed by atoms with E-state index in [4.69, 9.17) is 9.47 Å². The average molecular weight is 720 g/mol. The largest absolute Gasteiger partial charge is 0.748 e. The van der Waals surface area contributed by atoms with Gasteiger partial charge >= 0.3 is 0 Å². The number of thioether (sulfide) groups is 1. The summed E-state index contributed by atoms with van der Waals surface area (Å²) in [6, 6.07) is 17.3. The summed E-state index contributed by atoms with van der Waals surface area (Å²) >= 11 is 3.10. The summed E-state index contributed by atoms with van der Waals surface area (Å²) in [5.41, 5.74) is 2.74. The number of hydrogen-bond acceptors (Lipinski definition) is 11. The molecule has 2 aromatic carbocycles. The number of aryl methyl sites for hydroxylation is 1. The summed E-state index contributed by atoms with van der Waals surface area (Å²) in [6.45, 7) is 2.70. The van der Waals surface area contributed by atoms with Gasteiger partial charge in [0.05, 0.1) is 51.2 Å². The molecule has 11 nitrogen and oxygen atoms in total. The average Bonchev–Trinajstić information content (AvgIpc) is 3.56. The van der Waals surface area contributed by atoms with E-state index in [0.29, 0.717) is 31.0 Å². The van der Waals surface area contributed by atoms with E-state index in [2.05, 4.69) is 4.98 Å². The molecule has 2 aromatic heterocycles. The number of thiazole rings is 1. The molecule has 0 amide bonds. The fraction of sp³-hybridized carbons (Fsp3) is 0.312. The highest BCUT2D eigenvalue weighted by Gasteiger charge is 2.26. The van der Waals surface area contributed by atoms with E-state index >= 15 is 0 Å². The van der Waals surface area contributed by atoms with Gasteiger partial charge in [-0.15, -0.1) is 0 Å². The molecule has 5 rings (SSSR count). The van der Waals surface area contributed by atoms with Gasteiger partial charge in [0, 0.05) is 53.6 Å². The molecule has 0 bridgehead atoms. The molecule has 0 aliphatic carbocycles. The maximum Gasteiger partial charge on any atom is 0.263 e. The lowest BCUT2D eigenvalue weighted by Crippen LogP contribution is -2.36. The number of ether oxygens (including phenoxy) is 2. The summed E-state index contributed by atoms with van der Waals surface area (Å²) in [5.74, 6) is 0.420. The third-order valence-electron chi connectivity index (χ3n) is 7.06. The number of fused-ring (bicyclic) bond motifs is 2. The number of nitrogens with one attached hydrogen (secondary N) is 1. The quantitative estimate of drug-likeness (QED) is 0.139. The van der Waals surface area contributed by atoms with Gasteiger partial charge in [-0.2, -0.15) is 4.57 Å². The van der Waals surface area contributed by atoms with Crippen LogP contribution in [0.1, 0.15) is 31.2 Å². The van der Waals surface area contributed by atoms with Gasteiger partial charge in [-0.1, -0.05) is 36.1 Å². The van der Waals surface area contributed by atoms with E-state index in [1.807, 2.05) is 95.5 Å². The molecule has 4 aromatic rings. The number of pyridine rings is 1. The molecule has 0 atom stereocenters. The van der Waals surface area contributed by atoms with E-state index in [1.54, 1.807) is 37.3 Å². The molecule has 1 aliphatic heterocycles. The van der Waals surface area contributed by atoms with Crippen LogP contribution in [0.5, 0.6) is 11.5 Å². The van der Waals surface area contributed by atoms with Gasteiger partial charge in [-0.3, -0.25) is 0 Å². The van der Waals surface area contributed by atoms with Crippen LogP contribution >= 0.6 is 23.1 Å². The second kappa shape index (κ2) is 16.6. The van der Waals surface area contributed by atoms with Crippen molar-refractivity contribution in [2.75, 3.05) is 37.2 Å². The first kappa shape index (κ1) is 36.4. The Hall–Kier alpha value is -3.47. The minimum atomic E-state index is -4.34. The zero-order chi connectivity index (χ0) is 34.0. The van der Waals surface area contributed by atoms with Gasteiger partial charge in [0.2, 0.25) is 5.52 Å². The zero-order valence-electron chi connectivity index (χ0n) is 26.2. The molecule has 0 saturated carbocycles. The molecule has 252 valence electrons. The number of methoxy groups -OCH3 is 2. The Morgan fingerprint density at radius 2 is 1.60 bits per heavy atom. The zero-order valence-corrected chi connectivity index (χ0v) is 29.5. The number of nitrogens with zero attached hydrogens (tertiary/aromatic N) is 2. The van der Waals surface area contributed by atoms with Crippen LogP contribution in [0, 0.1) is 0 Å². The molecule has 1 aliphatic rings. The smallest absolute Gasteiger partial charge is 0.263 e. The number of anilines is 1. The molecule has 0 radical (unpaired) electrons. The number of allylic oxidation sites excluding steroid dienone is 2. The number of aromatic amines is 1. The standard InChI is InChI=1S/C27H32N2O8S4.C5H5N/c1-4-19(15-26-28(11-5-13-40(30,31)32)22-17-20(36-2)7-9-24(22)38-26)16-27-29(12-6-14-41(33,34)35)23-18-21(37-3)8-10-25(23)39-27;1-2-4-6-5-3-1/h7-10,15-18H,4-6,11-14H2,1-3H3,(H-,30,31,32,33,34,35);1-5H. The second-order valence-electron chi connectivity index (χ2n) is 10.4. The number of rotatable bonds is 13. The number of hydrogen-bond donors (Lipinski definition) is 0. The topological polar surface area (TPSA) is 154 Å². The molecule has 15 heteroatoms. The maximum atomic E-state index is 11.3. The Morgan fingerprint density at radius 1 is 0.936 bits per heavy atom. The van der Waals surface area contributed by atoms with Crippen molar-refractivity contribution in [1.82, 2.24) is 0 Å². The SMILES string of the molecule is CCC(/C=C1\Sc2ccc(OC)cc2N1CCCS(=O)(=O)[O-])=C\c1sc2ccc(OC)cc2[n+]1CCCS(=O)(=O)[O-].c1cc[nH+]cc1. The summed E-state index contributed by atoms with van der Waals surface area (Å²) in [5, 5.41) is 1.77. The predicted molar refractivity (Wildman–Crippen MR) is 182 cm³/mol. The van der Waals surface area contributed by atoms with E-state index in [-0.39, 0.29) is 12.8 Å². The molecular weight excluding hydrogens is 683 g/mol. The van der Waals surface area contributed by atoms with E-state index in [0.717, 1.165) is 36.4 Å². The highest BCUT2D eigenvalue weighted by atomic mass is 32.2. The third-order valence-corrected chi connectivity index (χ3v) is 10.9. The number of benzene rings is 2. The van der Waals surface area contributed by atoms with E-state index < -0.39 is 31.7 Å². The van der Waals surface area contributed by atoms with Crippen molar-refractivity contribution in [3.8, 4) is 11.5 Å². The lowest BCUT2D eigenvalue weighted by atomic mass is 10.2. The van der Waals surface area contributed by atoms with Gasteiger partial charge in [-0.05, 0) is 48.8 Å². The molecular formula is C32H37N3O8S4. The highest BCUT2D eigenvalue weighted by molar-refractivity contribution is 8.03. The lowest BCUT2D eigenvalue weighted by Gasteiger charge is -2.21. The lowest BCUT2D eigenvalue weighted by molar-refractivity contribution is -0.668. The third kappa shape index (κ3) is 10.8. The van der Waals surface area contributed by atoms with Gasteiger partial charge in [-0.25, -0.2) is 21.8 Å². The Kier molecular flexibility index (Phi) is 12.8. The van der Waals surface area contributed by atoms with Crippen molar-refractivity contribution in [1.29, 1.82) is 0 Å². The molecule has 0 unspecified atom stereocenters. The van der Waals surface area contributed by atoms with Crippen LogP contribution in [0.4, 0.5) is 5.69 Å². The van der Waals surface area contributed by atoms with Gasteiger partial charge in [0.1, 0.15) is 16.2 Å². The van der Waals surface area contributed by atoms with Crippen LogP contribution in [-0.4, -0.2) is 58.2 Å². The summed E-state index contributed by atoms with van der Waals surface area (Å²) in [7, 11) is -5.52. The predicted octanol–water partition coefficient (Wildman–Crippen LogP) is 4.82. The Bertz CT molecular complexity index is 1920. The first-order valence-electron chi connectivity index (χ1n) is 14.7. The molecule has 3 heterocycles. The Balaban J connectivity index is 0.000000748. The minimum Gasteiger partial charge on any atom is -0.748 e. The van der Waals surface area contributed by atoms with Gasteiger partial charge < -0.3 is 23.5 Å². The summed E-state index contributed by atoms with van der Waals surface area (Å²) in [6.07, 6.45) is 8.86. The fourth-order valence-corrected chi connectivity index (χ4v) is 8.05. The van der Waals surface area contributed by atoms with Crippen LogP contribution in [0.2, 0.25) is 0 Å². The molecule has 0 spiro atoms. The van der Waals surface area contributed by atoms with Crippen molar-refractivity contribution in [3.63, 3.8) is 0 Å².